The van der Waals surface area contributed by atoms with Gasteiger partial charge in [-0.2, -0.15) is 0 Å². The standard InChI is InChI=1S/C19H20ClNO.ClH/c1-2-9-21-12-15-5-3-4-6-17(15)19(13-21)11-14-7-8-16(20)10-18(14)22-19;/h3-8,10H,2,9,11-13H2,1H3;1H. The van der Waals surface area contributed by atoms with E-state index < -0.39 is 0 Å². The van der Waals surface area contributed by atoms with Crippen molar-refractivity contribution in [1.29, 1.82) is 0 Å². The summed E-state index contributed by atoms with van der Waals surface area (Å²) in [6.07, 6.45) is 2.09. The van der Waals surface area contributed by atoms with E-state index in [1.807, 2.05) is 12.1 Å². The zero-order valence-electron chi connectivity index (χ0n) is 13.2. The van der Waals surface area contributed by atoms with Gasteiger partial charge in [0, 0.05) is 30.1 Å². The van der Waals surface area contributed by atoms with E-state index in [-0.39, 0.29) is 18.0 Å². The highest BCUT2D eigenvalue weighted by Gasteiger charge is 2.46. The molecule has 4 heteroatoms. The summed E-state index contributed by atoms with van der Waals surface area (Å²) >= 11 is 6.14. The van der Waals surface area contributed by atoms with Crippen LogP contribution < -0.4 is 4.74 Å². The molecule has 0 saturated carbocycles. The van der Waals surface area contributed by atoms with Crippen molar-refractivity contribution < 1.29 is 4.74 Å². The molecule has 2 aromatic carbocycles. The smallest absolute Gasteiger partial charge is 0.151 e. The van der Waals surface area contributed by atoms with Crippen LogP contribution in [0.5, 0.6) is 5.75 Å². The lowest BCUT2D eigenvalue weighted by atomic mass is 9.82. The fourth-order valence-corrected chi connectivity index (χ4v) is 4.04. The van der Waals surface area contributed by atoms with Gasteiger partial charge in [-0.05, 0) is 36.2 Å². The molecule has 0 aromatic heterocycles. The van der Waals surface area contributed by atoms with Gasteiger partial charge >= 0.3 is 0 Å². The second-order valence-electron chi connectivity index (χ2n) is 6.39. The first-order chi connectivity index (χ1) is 10.7. The number of rotatable bonds is 2. The molecule has 122 valence electrons. The van der Waals surface area contributed by atoms with Crippen LogP contribution in [0.2, 0.25) is 5.02 Å². The Kier molecular flexibility index (Phi) is 4.59. The largest absolute Gasteiger partial charge is 0.481 e. The number of ether oxygens (including phenoxy) is 1. The van der Waals surface area contributed by atoms with Crippen LogP contribution in [0.25, 0.3) is 0 Å². The molecule has 2 aromatic rings. The minimum atomic E-state index is -0.253. The topological polar surface area (TPSA) is 12.5 Å². The van der Waals surface area contributed by atoms with Crippen LogP contribution >= 0.6 is 24.0 Å². The van der Waals surface area contributed by atoms with E-state index in [9.17, 15) is 0 Å². The normalized spacial score (nSPS) is 22.2. The maximum Gasteiger partial charge on any atom is 0.151 e. The van der Waals surface area contributed by atoms with Gasteiger partial charge in [-0.25, -0.2) is 0 Å². The summed E-state index contributed by atoms with van der Waals surface area (Å²) in [5.41, 5.74) is 3.74. The Hall–Kier alpha value is -1.22. The Labute approximate surface area is 148 Å². The molecule has 0 amide bonds. The summed E-state index contributed by atoms with van der Waals surface area (Å²) in [5.74, 6) is 0.945. The van der Waals surface area contributed by atoms with E-state index in [0.717, 1.165) is 43.2 Å². The molecule has 0 aliphatic carbocycles. The molecule has 0 saturated heterocycles. The van der Waals surface area contributed by atoms with Gasteiger partial charge < -0.3 is 4.74 Å². The fraction of sp³-hybridized carbons (Fsp3) is 0.368. The lowest BCUT2D eigenvalue weighted by molar-refractivity contribution is 0.0257. The Morgan fingerprint density at radius 3 is 2.83 bits per heavy atom. The fourth-order valence-electron chi connectivity index (χ4n) is 3.88. The highest BCUT2D eigenvalue weighted by atomic mass is 35.5. The van der Waals surface area contributed by atoms with Gasteiger partial charge in [0.25, 0.3) is 0 Å². The summed E-state index contributed by atoms with van der Waals surface area (Å²) in [6, 6.07) is 14.7. The van der Waals surface area contributed by atoms with Crippen molar-refractivity contribution in [2.24, 2.45) is 0 Å². The number of nitrogens with zero attached hydrogens (tertiary/aromatic N) is 1. The molecule has 2 heterocycles. The lowest BCUT2D eigenvalue weighted by Gasteiger charge is -2.41. The van der Waals surface area contributed by atoms with Crippen molar-refractivity contribution in [2.45, 2.75) is 31.9 Å². The Bertz CT molecular complexity index is 718. The Morgan fingerprint density at radius 2 is 2.00 bits per heavy atom. The number of halogens is 2. The molecule has 1 atom stereocenters. The van der Waals surface area contributed by atoms with Gasteiger partial charge in [-0.3, -0.25) is 4.90 Å². The maximum absolute atomic E-state index is 6.49. The summed E-state index contributed by atoms with van der Waals surface area (Å²) < 4.78 is 6.49. The monoisotopic (exact) mass is 349 g/mol. The van der Waals surface area contributed by atoms with Crippen molar-refractivity contribution in [3.05, 3.63) is 64.2 Å². The van der Waals surface area contributed by atoms with E-state index in [1.54, 1.807) is 0 Å². The maximum atomic E-state index is 6.49. The minimum Gasteiger partial charge on any atom is -0.481 e. The van der Waals surface area contributed by atoms with E-state index in [4.69, 9.17) is 16.3 Å². The van der Waals surface area contributed by atoms with Gasteiger partial charge in [-0.1, -0.05) is 48.9 Å². The molecule has 0 bridgehead atoms. The number of hydrogen-bond donors (Lipinski definition) is 0. The Morgan fingerprint density at radius 1 is 1.17 bits per heavy atom. The quantitative estimate of drug-likeness (QED) is 0.770. The highest BCUT2D eigenvalue weighted by molar-refractivity contribution is 6.30. The molecule has 4 rings (SSSR count). The molecule has 1 unspecified atom stereocenters. The summed E-state index contributed by atoms with van der Waals surface area (Å²) in [5, 5.41) is 0.741. The molecule has 0 N–H and O–H groups in total. The van der Waals surface area contributed by atoms with E-state index in [0.29, 0.717) is 0 Å². The van der Waals surface area contributed by atoms with E-state index in [2.05, 4.69) is 42.2 Å². The third kappa shape index (κ3) is 2.84. The third-order valence-electron chi connectivity index (χ3n) is 4.73. The molecule has 2 aliphatic rings. The molecule has 0 fully saturated rings. The molecular formula is C19H21Cl2NO. The van der Waals surface area contributed by atoms with Crippen molar-refractivity contribution in [2.75, 3.05) is 13.1 Å². The summed E-state index contributed by atoms with van der Waals surface area (Å²) in [7, 11) is 0. The Balaban J connectivity index is 0.00000156. The first-order valence-electron chi connectivity index (χ1n) is 7.98. The average molecular weight is 350 g/mol. The van der Waals surface area contributed by atoms with Crippen LogP contribution in [0.3, 0.4) is 0 Å². The van der Waals surface area contributed by atoms with E-state index >= 15 is 0 Å². The van der Waals surface area contributed by atoms with Gasteiger partial charge in [-0.15, -0.1) is 12.4 Å². The second kappa shape index (κ2) is 6.35. The number of benzene rings is 2. The van der Waals surface area contributed by atoms with Crippen LogP contribution in [-0.4, -0.2) is 18.0 Å². The predicted molar refractivity (Wildman–Crippen MR) is 96.7 cm³/mol. The summed E-state index contributed by atoms with van der Waals surface area (Å²) in [4.78, 5) is 2.51. The molecule has 0 radical (unpaired) electrons. The van der Waals surface area contributed by atoms with Crippen LogP contribution in [0.15, 0.2) is 42.5 Å². The molecule has 1 spiro atoms. The van der Waals surface area contributed by atoms with Crippen LogP contribution in [-0.2, 0) is 18.6 Å². The third-order valence-corrected chi connectivity index (χ3v) is 4.97. The van der Waals surface area contributed by atoms with Crippen molar-refractivity contribution >= 4 is 24.0 Å². The highest BCUT2D eigenvalue weighted by Crippen LogP contribution is 2.46. The van der Waals surface area contributed by atoms with Crippen LogP contribution in [0.1, 0.15) is 30.0 Å². The van der Waals surface area contributed by atoms with Gasteiger partial charge in [0.15, 0.2) is 5.60 Å². The average Bonchev–Trinajstić information content (AvgIpc) is 2.85. The second-order valence-corrected chi connectivity index (χ2v) is 6.83. The number of hydrogen-bond acceptors (Lipinski definition) is 2. The number of fused-ring (bicyclic) bond motifs is 3. The van der Waals surface area contributed by atoms with Gasteiger partial charge in [0.2, 0.25) is 0 Å². The van der Waals surface area contributed by atoms with Crippen molar-refractivity contribution in [1.82, 2.24) is 4.90 Å². The van der Waals surface area contributed by atoms with E-state index in [1.165, 1.54) is 16.7 Å². The first kappa shape index (κ1) is 16.6. The predicted octanol–water partition coefficient (Wildman–Crippen LogP) is 4.82. The van der Waals surface area contributed by atoms with Gasteiger partial charge in [0.1, 0.15) is 5.75 Å². The lowest BCUT2D eigenvalue weighted by Crippen LogP contribution is -2.48. The minimum absolute atomic E-state index is 0. The zero-order valence-corrected chi connectivity index (χ0v) is 14.8. The van der Waals surface area contributed by atoms with Crippen molar-refractivity contribution in [3.63, 3.8) is 0 Å². The van der Waals surface area contributed by atoms with Crippen molar-refractivity contribution in [3.8, 4) is 5.75 Å². The van der Waals surface area contributed by atoms with Crippen LogP contribution in [0, 0.1) is 0 Å². The SMILES string of the molecule is CCCN1Cc2ccccc2C2(Cc3ccc(Cl)cc3O2)C1.Cl. The molecule has 2 aliphatic heterocycles. The van der Waals surface area contributed by atoms with Gasteiger partial charge in [0.05, 0.1) is 0 Å². The molecular weight excluding hydrogens is 329 g/mol. The zero-order chi connectivity index (χ0) is 15.2. The molecule has 23 heavy (non-hydrogen) atoms. The molecule has 2 nitrogen and oxygen atoms in total. The van der Waals surface area contributed by atoms with Crippen LogP contribution in [0.4, 0.5) is 0 Å². The summed E-state index contributed by atoms with van der Waals surface area (Å²) in [6.45, 7) is 5.31. The first-order valence-corrected chi connectivity index (χ1v) is 8.36.